The van der Waals surface area contributed by atoms with Crippen LogP contribution < -0.4 is 5.32 Å². The number of fused-ring (bicyclic) bond motifs is 1. The van der Waals surface area contributed by atoms with Crippen molar-refractivity contribution < 1.29 is 4.74 Å². The molecule has 3 nitrogen and oxygen atoms in total. The second kappa shape index (κ2) is 7.46. The molecule has 0 aromatic carbocycles. The van der Waals surface area contributed by atoms with E-state index in [1.54, 1.807) is 0 Å². The third-order valence-electron chi connectivity index (χ3n) is 4.42. The maximum absolute atomic E-state index is 5.86. The molecule has 0 aromatic rings. The van der Waals surface area contributed by atoms with Crippen molar-refractivity contribution >= 4 is 0 Å². The second-order valence-electron chi connectivity index (χ2n) is 5.94. The third-order valence-corrected chi connectivity index (χ3v) is 4.42. The monoisotopic (exact) mass is 254 g/mol. The van der Waals surface area contributed by atoms with Gasteiger partial charge in [-0.25, -0.2) is 0 Å². The zero-order valence-corrected chi connectivity index (χ0v) is 12.2. The Kier molecular flexibility index (Phi) is 5.93. The number of nitrogens with one attached hydrogen (secondary N) is 1. The van der Waals surface area contributed by atoms with E-state index in [4.69, 9.17) is 4.74 Å². The van der Waals surface area contributed by atoms with Crippen LogP contribution in [0.5, 0.6) is 0 Å². The van der Waals surface area contributed by atoms with Gasteiger partial charge in [0.2, 0.25) is 0 Å². The molecule has 106 valence electrons. The van der Waals surface area contributed by atoms with E-state index in [9.17, 15) is 0 Å². The minimum Gasteiger partial charge on any atom is -0.375 e. The molecule has 0 radical (unpaired) electrons. The van der Waals surface area contributed by atoms with Gasteiger partial charge in [-0.15, -0.1) is 0 Å². The van der Waals surface area contributed by atoms with Crippen LogP contribution >= 0.6 is 0 Å². The van der Waals surface area contributed by atoms with E-state index in [1.165, 1.54) is 45.1 Å². The zero-order chi connectivity index (χ0) is 12.8. The summed E-state index contributed by atoms with van der Waals surface area (Å²) in [5.41, 5.74) is 0. The lowest BCUT2D eigenvalue weighted by molar-refractivity contribution is -0.0559. The number of morpholine rings is 1. The van der Waals surface area contributed by atoms with Gasteiger partial charge in [-0.1, -0.05) is 6.92 Å². The van der Waals surface area contributed by atoms with Crippen LogP contribution in [-0.4, -0.2) is 49.3 Å². The Balaban J connectivity index is 1.63. The van der Waals surface area contributed by atoms with E-state index in [0.29, 0.717) is 12.1 Å². The number of hydrogen-bond acceptors (Lipinski definition) is 3. The fourth-order valence-corrected chi connectivity index (χ4v) is 3.38. The summed E-state index contributed by atoms with van der Waals surface area (Å²) >= 11 is 0. The maximum Gasteiger partial charge on any atom is 0.0730 e. The predicted molar refractivity (Wildman–Crippen MR) is 75.9 cm³/mol. The average molecular weight is 254 g/mol. The Morgan fingerprint density at radius 1 is 1.39 bits per heavy atom. The van der Waals surface area contributed by atoms with Crippen LogP contribution in [0.15, 0.2) is 0 Å². The second-order valence-corrected chi connectivity index (χ2v) is 5.94. The highest BCUT2D eigenvalue weighted by atomic mass is 16.5. The van der Waals surface area contributed by atoms with Crippen LogP contribution in [0.25, 0.3) is 0 Å². The highest BCUT2D eigenvalue weighted by Gasteiger charge is 2.35. The SMILES string of the molecule is CCCNC(C)CCCN1CCOC2CCCC21. The van der Waals surface area contributed by atoms with Gasteiger partial charge < -0.3 is 10.1 Å². The molecule has 1 N–H and O–H groups in total. The van der Waals surface area contributed by atoms with Gasteiger partial charge in [0.1, 0.15) is 0 Å². The van der Waals surface area contributed by atoms with Crippen LogP contribution in [0.2, 0.25) is 0 Å². The summed E-state index contributed by atoms with van der Waals surface area (Å²) in [5, 5.41) is 3.57. The molecular formula is C15H30N2O. The molecule has 1 aliphatic carbocycles. The third kappa shape index (κ3) is 3.94. The van der Waals surface area contributed by atoms with Crippen LogP contribution in [0.3, 0.4) is 0 Å². The van der Waals surface area contributed by atoms with Crippen molar-refractivity contribution in [2.45, 2.75) is 70.6 Å². The number of hydrogen-bond donors (Lipinski definition) is 1. The van der Waals surface area contributed by atoms with Crippen molar-refractivity contribution in [3.05, 3.63) is 0 Å². The molecule has 0 aromatic heterocycles. The Morgan fingerprint density at radius 3 is 3.11 bits per heavy atom. The Labute approximate surface area is 112 Å². The van der Waals surface area contributed by atoms with Gasteiger partial charge in [0.25, 0.3) is 0 Å². The minimum atomic E-state index is 0.550. The Hall–Kier alpha value is -0.120. The molecule has 2 aliphatic rings. The normalized spacial score (nSPS) is 30.3. The molecule has 3 unspecified atom stereocenters. The summed E-state index contributed by atoms with van der Waals surface area (Å²) < 4.78 is 5.86. The fraction of sp³-hybridized carbons (Fsp3) is 1.00. The first-order chi connectivity index (χ1) is 8.81. The van der Waals surface area contributed by atoms with Crippen molar-refractivity contribution in [2.24, 2.45) is 0 Å². The maximum atomic E-state index is 5.86. The average Bonchev–Trinajstić information content (AvgIpc) is 2.85. The summed E-state index contributed by atoms with van der Waals surface area (Å²) in [7, 11) is 0. The van der Waals surface area contributed by atoms with E-state index < -0.39 is 0 Å². The molecule has 1 heterocycles. The van der Waals surface area contributed by atoms with Gasteiger partial charge >= 0.3 is 0 Å². The number of rotatable bonds is 7. The van der Waals surface area contributed by atoms with Gasteiger partial charge in [-0.3, -0.25) is 4.90 Å². The lowest BCUT2D eigenvalue weighted by atomic mass is 10.1. The van der Waals surface area contributed by atoms with Crippen LogP contribution in [0.4, 0.5) is 0 Å². The van der Waals surface area contributed by atoms with Crippen LogP contribution in [-0.2, 0) is 4.74 Å². The molecule has 0 amide bonds. The van der Waals surface area contributed by atoms with Gasteiger partial charge in [0.15, 0.2) is 0 Å². The Morgan fingerprint density at radius 2 is 2.28 bits per heavy atom. The number of nitrogens with zero attached hydrogens (tertiary/aromatic N) is 1. The number of ether oxygens (including phenoxy) is 1. The molecule has 0 bridgehead atoms. The minimum absolute atomic E-state index is 0.550. The topological polar surface area (TPSA) is 24.5 Å². The van der Waals surface area contributed by atoms with Gasteiger partial charge in [-0.2, -0.15) is 0 Å². The predicted octanol–water partition coefficient (Wildman–Crippen LogP) is 2.41. The zero-order valence-electron chi connectivity index (χ0n) is 12.2. The molecule has 2 rings (SSSR count). The Bertz CT molecular complexity index is 235. The van der Waals surface area contributed by atoms with E-state index >= 15 is 0 Å². The fourth-order valence-electron chi connectivity index (χ4n) is 3.38. The summed E-state index contributed by atoms with van der Waals surface area (Å²) in [6, 6.07) is 1.41. The van der Waals surface area contributed by atoms with Crippen molar-refractivity contribution in [3.63, 3.8) is 0 Å². The van der Waals surface area contributed by atoms with Gasteiger partial charge in [0.05, 0.1) is 12.7 Å². The summed E-state index contributed by atoms with van der Waals surface area (Å²) in [5.74, 6) is 0. The molecule has 2 fully saturated rings. The van der Waals surface area contributed by atoms with E-state index in [1.807, 2.05) is 0 Å². The first-order valence-corrected chi connectivity index (χ1v) is 7.90. The quantitative estimate of drug-likeness (QED) is 0.755. The van der Waals surface area contributed by atoms with Crippen molar-refractivity contribution in [2.75, 3.05) is 26.2 Å². The van der Waals surface area contributed by atoms with Gasteiger partial charge in [-0.05, 0) is 58.5 Å². The van der Waals surface area contributed by atoms with Gasteiger partial charge in [0, 0.05) is 18.6 Å². The first kappa shape index (κ1) is 14.3. The first-order valence-electron chi connectivity index (χ1n) is 7.90. The van der Waals surface area contributed by atoms with E-state index in [-0.39, 0.29) is 0 Å². The molecule has 3 heteroatoms. The van der Waals surface area contributed by atoms with E-state index in [2.05, 4.69) is 24.1 Å². The standard InChI is InChI=1S/C15H30N2O/c1-3-9-16-13(2)6-5-10-17-11-12-18-15-8-4-7-14(15)17/h13-16H,3-12H2,1-2H3. The molecule has 1 saturated heterocycles. The van der Waals surface area contributed by atoms with Crippen LogP contribution in [0, 0.1) is 0 Å². The van der Waals surface area contributed by atoms with E-state index in [0.717, 1.165) is 25.7 Å². The highest BCUT2D eigenvalue weighted by molar-refractivity contribution is 4.89. The van der Waals surface area contributed by atoms with Crippen molar-refractivity contribution in [1.82, 2.24) is 10.2 Å². The summed E-state index contributed by atoms with van der Waals surface area (Å²) in [6.45, 7) is 9.07. The lowest BCUT2D eigenvalue weighted by Gasteiger charge is -2.37. The smallest absolute Gasteiger partial charge is 0.0730 e. The highest BCUT2D eigenvalue weighted by Crippen LogP contribution is 2.29. The largest absolute Gasteiger partial charge is 0.375 e. The lowest BCUT2D eigenvalue weighted by Crippen LogP contribution is -2.48. The molecule has 0 spiro atoms. The molecule has 1 aliphatic heterocycles. The molecular weight excluding hydrogens is 224 g/mol. The van der Waals surface area contributed by atoms with Crippen LogP contribution in [0.1, 0.15) is 52.4 Å². The van der Waals surface area contributed by atoms with Crippen molar-refractivity contribution in [1.29, 1.82) is 0 Å². The molecule has 3 atom stereocenters. The summed E-state index contributed by atoms with van der Waals surface area (Å²) in [4.78, 5) is 2.69. The van der Waals surface area contributed by atoms with Crippen molar-refractivity contribution in [3.8, 4) is 0 Å². The summed E-state index contributed by atoms with van der Waals surface area (Å²) in [6.07, 6.45) is 8.41. The molecule has 18 heavy (non-hydrogen) atoms. The molecule has 1 saturated carbocycles.